The monoisotopic (exact) mass is 362 g/mol. The molecule has 0 bridgehead atoms. The van der Waals surface area contributed by atoms with Crippen LogP contribution in [0.25, 0.3) is 0 Å². The van der Waals surface area contributed by atoms with Crippen molar-refractivity contribution in [2.24, 2.45) is 5.41 Å². The number of carbonyl (C=O) groups excluding carboxylic acids is 2. The fourth-order valence-corrected chi connectivity index (χ4v) is 2.59. The highest BCUT2D eigenvalue weighted by atomic mass is 35.5. The van der Waals surface area contributed by atoms with Gasteiger partial charge in [-0.2, -0.15) is 0 Å². The van der Waals surface area contributed by atoms with E-state index < -0.39 is 11.5 Å². The Bertz CT molecular complexity index is 763. The number of hydrogen-bond acceptors (Lipinski definition) is 4. The van der Waals surface area contributed by atoms with Crippen LogP contribution in [0.5, 0.6) is 0 Å². The largest absolute Gasteiger partial charge is 0.360 e. The van der Waals surface area contributed by atoms with Gasteiger partial charge in [0.05, 0.1) is 6.20 Å². The number of carbonyl (C=O) groups is 2. The van der Waals surface area contributed by atoms with Gasteiger partial charge in [-0.1, -0.05) is 44.5 Å². The molecule has 1 atom stereocenters. The Morgan fingerprint density at radius 1 is 1.16 bits per heavy atom. The van der Waals surface area contributed by atoms with E-state index in [1.807, 2.05) is 34.6 Å². The summed E-state index contributed by atoms with van der Waals surface area (Å²) in [6.07, 6.45) is 1.41. The summed E-state index contributed by atoms with van der Waals surface area (Å²) in [7, 11) is 0. The lowest BCUT2D eigenvalue weighted by molar-refractivity contribution is 0.0758. The third kappa shape index (κ3) is 4.10. The molecule has 5 nitrogen and oxygen atoms in total. The van der Waals surface area contributed by atoms with E-state index >= 15 is 0 Å². The second-order valence-electron chi connectivity index (χ2n) is 7.01. The molecule has 1 unspecified atom stereocenters. The van der Waals surface area contributed by atoms with Crippen molar-refractivity contribution in [3.8, 4) is 0 Å². The first-order chi connectivity index (χ1) is 11.6. The van der Waals surface area contributed by atoms with Crippen LogP contribution in [0.2, 0.25) is 5.02 Å². The molecule has 1 N–H and O–H groups in total. The third-order valence-electron chi connectivity index (χ3n) is 4.49. The van der Waals surface area contributed by atoms with E-state index in [1.165, 1.54) is 6.20 Å². The standard InChI is InChI=1S/C19H23ClN2O3/c1-11(2)16-15(10-21-25-16)18(24)22-12(3)19(4,5)17(23)13-6-8-14(20)9-7-13/h6-12H,1-5H3,(H,22,24). The summed E-state index contributed by atoms with van der Waals surface area (Å²) in [5, 5.41) is 7.18. The van der Waals surface area contributed by atoms with Gasteiger partial charge in [0.25, 0.3) is 5.91 Å². The predicted molar refractivity (Wildman–Crippen MR) is 97.1 cm³/mol. The SMILES string of the molecule is CC(C)c1oncc1C(=O)NC(C)C(C)(C)C(=O)c1ccc(Cl)cc1. The van der Waals surface area contributed by atoms with Gasteiger partial charge in [-0.15, -0.1) is 0 Å². The first-order valence-corrected chi connectivity index (χ1v) is 8.58. The lowest BCUT2D eigenvalue weighted by Gasteiger charge is -2.31. The summed E-state index contributed by atoms with van der Waals surface area (Å²) in [5.41, 5.74) is 0.165. The van der Waals surface area contributed by atoms with Gasteiger partial charge in [0.2, 0.25) is 0 Å². The first-order valence-electron chi connectivity index (χ1n) is 8.20. The van der Waals surface area contributed by atoms with Crippen LogP contribution in [0.4, 0.5) is 0 Å². The van der Waals surface area contributed by atoms with E-state index in [0.29, 0.717) is 21.9 Å². The summed E-state index contributed by atoms with van der Waals surface area (Å²) in [4.78, 5) is 25.4. The van der Waals surface area contributed by atoms with Crippen LogP contribution in [0.1, 0.15) is 67.0 Å². The van der Waals surface area contributed by atoms with Crippen molar-refractivity contribution < 1.29 is 14.1 Å². The van der Waals surface area contributed by atoms with Gasteiger partial charge < -0.3 is 9.84 Å². The minimum Gasteiger partial charge on any atom is -0.360 e. The van der Waals surface area contributed by atoms with E-state index in [9.17, 15) is 9.59 Å². The molecule has 25 heavy (non-hydrogen) atoms. The fourth-order valence-electron chi connectivity index (χ4n) is 2.46. The molecule has 0 radical (unpaired) electrons. The quantitative estimate of drug-likeness (QED) is 0.769. The Labute approximate surface area is 152 Å². The summed E-state index contributed by atoms with van der Waals surface area (Å²) >= 11 is 5.88. The maximum Gasteiger partial charge on any atom is 0.256 e. The Kier molecular flexibility index (Phi) is 5.68. The van der Waals surface area contributed by atoms with Gasteiger partial charge in [-0.3, -0.25) is 9.59 Å². The van der Waals surface area contributed by atoms with E-state index in [0.717, 1.165) is 0 Å². The van der Waals surface area contributed by atoms with Gasteiger partial charge in [0, 0.05) is 28.0 Å². The number of halogens is 1. The topological polar surface area (TPSA) is 72.2 Å². The molecule has 1 amide bonds. The highest BCUT2D eigenvalue weighted by Gasteiger charge is 2.36. The normalized spacial score (nSPS) is 12.9. The Morgan fingerprint density at radius 3 is 2.32 bits per heavy atom. The molecule has 134 valence electrons. The fraction of sp³-hybridized carbons (Fsp3) is 0.421. The second kappa shape index (κ2) is 7.40. The number of hydrogen-bond donors (Lipinski definition) is 1. The number of nitrogens with zero attached hydrogens (tertiary/aromatic N) is 1. The van der Waals surface area contributed by atoms with E-state index in [-0.39, 0.29) is 17.6 Å². The number of rotatable bonds is 6. The molecule has 1 aromatic carbocycles. The zero-order valence-electron chi connectivity index (χ0n) is 15.1. The van der Waals surface area contributed by atoms with Crippen molar-refractivity contribution in [3.63, 3.8) is 0 Å². The minimum absolute atomic E-state index is 0.0438. The van der Waals surface area contributed by atoms with Crippen molar-refractivity contribution in [1.29, 1.82) is 0 Å². The molecule has 0 aliphatic carbocycles. The zero-order valence-corrected chi connectivity index (χ0v) is 15.8. The number of aromatic nitrogens is 1. The lowest BCUT2D eigenvalue weighted by atomic mass is 9.78. The molecule has 0 aliphatic rings. The molecular formula is C19H23ClN2O3. The highest BCUT2D eigenvalue weighted by Crippen LogP contribution is 2.28. The van der Waals surface area contributed by atoms with E-state index in [1.54, 1.807) is 24.3 Å². The van der Waals surface area contributed by atoms with Crippen molar-refractivity contribution in [1.82, 2.24) is 10.5 Å². The van der Waals surface area contributed by atoms with Crippen LogP contribution in [-0.2, 0) is 0 Å². The van der Waals surface area contributed by atoms with Crippen molar-refractivity contribution >= 4 is 23.3 Å². The molecule has 1 heterocycles. The van der Waals surface area contributed by atoms with Crippen LogP contribution >= 0.6 is 11.6 Å². The third-order valence-corrected chi connectivity index (χ3v) is 4.74. The second-order valence-corrected chi connectivity index (χ2v) is 7.45. The van der Waals surface area contributed by atoms with Gasteiger partial charge >= 0.3 is 0 Å². The average molecular weight is 363 g/mol. The van der Waals surface area contributed by atoms with Gasteiger partial charge in [0.1, 0.15) is 5.56 Å². The Morgan fingerprint density at radius 2 is 1.76 bits per heavy atom. The number of ketones is 1. The predicted octanol–water partition coefficient (Wildman–Crippen LogP) is 4.48. The molecule has 0 spiro atoms. The van der Waals surface area contributed by atoms with Crippen LogP contribution in [0.3, 0.4) is 0 Å². The molecule has 1 aromatic heterocycles. The smallest absolute Gasteiger partial charge is 0.256 e. The lowest BCUT2D eigenvalue weighted by Crippen LogP contribution is -2.47. The summed E-state index contributed by atoms with van der Waals surface area (Å²) in [6.45, 7) is 9.29. The first kappa shape index (κ1) is 19.2. The number of benzene rings is 1. The minimum atomic E-state index is -0.793. The van der Waals surface area contributed by atoms with Crippen LogP contribution in [0.15, 0.2) is 35.0 Å². The van der Waals surface area contributed by atoms with Gasteiger partial charge in [-0.05, 0) is 31.2 Å². The van der Waals surface area contributed by atoms with Gasteiger partial charge in [-0.25, -0.2) is 0 Å². The van der Waals surface area contributed by atoms with Crippen LogP contribution in [0, 0.1) is 5.41 Å². The number of amides is 1. The molecule has 0 aliphatic heterocycles. The highest BCUT2D eigenvalue weighted by molar-refractivity contribution is 6.30. The van der Waals surface area contributed by atoms with Crippen LogP contribution < -0.4 is 5.32 Å². The summed E-state index contributed by atoms with van der Waals surface area (Å²) < 4.78 is 5.15. The molecule has 0 fully saturated rings. The molecule has 2 rings (SSSR count). The maximum absolute atomic E-state index is 12.8. The summed E-state index contributed by atoms with van der Waals surface area (Å²) in [6, 6.07) is 6.36. The molecule has 2 aromatic rings. The molecular weight excluding hydrogens is 340 g/mol. The van der Waals surface area contributed by atoms with Crippen LogP contribution in [-0.4, -0.2) is 22.9 Å². The van der Waals surface area contributed by atoms with Crippen molar-refractivity contribution in [2.45, 2.75) is 46.6 Å². The number of Topliss-reactive ketones (excluding diaryl/α,β-unsaturated/α-hetero) is 1. The molecule has 0 saturated carbocycles. The van der Waals surface area contributed by atoms with Gasteiger partial charge in [0.15, 0.2) is 11.5 Å². The Hall–Kier alpha value is -2.14. The summed E-state index contributed by atoms with van der Waals surface area (Å²) in [5.74, 6) is 0.217. The maximum atomic E-state index is 12.8. The van der Waals surface area contributed by atoms with E-state index in [2.05, 4.69) is 10.5 Å². The molecule has 6 heteroatoms. The van der Waals surface area contributed by atoms with Crippen molar-refractivity contribution in [3.05, 3.63) is 52.4 Å². The Balaban J connectivity index is 2.16. The molecule has 0 saturated heterocycles. The average Bonchev–Trinajstić information content (AvgIpc) is 3.04. The van der Waals surface area contributed by atoms with Crippen molar-refractivity contribution in [2.75, 3.05) is 0 Å². The number of nitrogens with one attached hydrogen (secondary N) is 1. The zero-order chi connectivity index (χ0) is 18.8. The van der Waals surface area contributed by atoms with E-state index in [4.69, 9.17) is 16.1 Å².